The van der Waals surface area contributed by atoms with E-state index in [-0.39, 0.29) is 6.42 Å². The largest absolute Gasteiger partial charge is 0.481 e. The maximum Gasteiger partial charge on any atom is 0.303 e. The number of aliphatic carboxylic acids is 1. The summed E-state index contributed by atoms with van der Waals surface area (Å²) in [5, 5.41) is 18.3. The monoisotopic (exact) mass is 344 g/mol. The Morgan fingerprint density at radius 1 is 0.840 bits per heavy atom. The van der Waals surface area contributed by atoms with Gasteiger partial charge in [0.2, 0.25) is 0 Å². The van der Waals surface area contributed by atoms with Crippen molar-refractivity contribution in [3.05, 3.63) is 72.9 Å². The second kappa shape index (κ2) is 18.2. The molecule has 0 amide bonds. The van der Waals surface area contributed by atoms with Gasteiger partial charge in [0, 0.05) is 6.42 Å². The van der Waals surface area contributed by atoms with Crippen LogP contribution in [0.5, 0.6) is 0 Å². The van der Waals surface area contributed by atoms with Crippen molar-refractivity contribution in [3.63, 3.8) is 0 Å². The maximum absolute atomic E-state index is 10.3. The van der Waals surface area contributed by atoms with E-state index in [0.717, 1.165) is 25.7 Å². The molecule has 0 saturated carbocycles. The summed E-state index contributed by atoms with van der Waals surface area (Å²) >= 11 is 0. The van der Waals surface area contributed by atoms with Crippen molar-refractivity contribution in [2.24, 2.45) is 0 Å². The summed E-state index contributed by atoms with van der Waals surface area (Å²) in [5.41, 5.74) is 0. The molecule has 0 rings (SSSR count). The van der Waals surface area contributed by atoms with Crippen LogP contribution in [0.15, 0.2) is 72.9 Å². The van der Waals surface area contributed by atoms with Gasteiger partial charge in [0.05, 0.1) is 6.10 Å². The summed E-state index contributed by atoms with van der Waals surface area (Å²) in [7, 11) is 0. The minimum Gasteiger partial charge on any atom is -0.481 e. The molecule has 0 bridgehead atoms. The lowest BCUT2D eigenvalue weighted by atomic mass is 10.2. The first-order chi connectivity index (χ1) is 12.2. The molecular weight excluding hydrogens is 312 g/mol. The number of hydrogen-bond donors (Lipinski definition) is 2. The number of aliphatic hydroxyl groups is 1. The molecule has 2 N–H and O–H groups in total. The fourth-order valence-electron chi connectivity index (χ4n) is 1.88. The van der Waals surface area contributed by atoms with E-state index in [2.05, 4.69) is 25.2 Å². The van der Waals surface area contributed by atoms with Crippen molar-refractivity contribution >= 4 is 5.97 Å². The molecule has 0 fully saturated rings. The van der Waals surface area contributed by atoms with Crippen molar-refractivity contribution in [2.75, 3.05) is 0 Å². The minimum absolute atomic E-state index is 0.169. The summed E-state index contributed by atoms with van der Waals surface area (Å²) in [4.78, 5) is 10.3. The summed E-state index contributed by atoms with van der Waals surface area (Å²) in [6.07, 6.45) is 28.5. The Labute approximate surface area is 152 Å². The number of carbonyl (C=O) groups is 1. The Morgan fingerprint density at radius 2 is 1.52 bits per heavy atom. The molecule has 0 aliphatic rings. The molecule has 0 aromatic carbocycles. The van der Waals surface area contributed by atoms with E-state index in [0.29, 0.717) is 12.8 Å². The van der Waals surface area contributed by atoms with Gasteiger partial charge >= 0.3 is 5.97 Å². The van der Waals surface area contributed by atoms with Gasteiger partial charge < -0.3 is 10.2 Å². The van der Waals surface area contributed by atoms with Gasteiger partial charge in [0.1, 0.15) is 0 Å². The number of hydrogen-bond acceptors (Lipinski definition) is 2. The third kappa shape index (κ3) is 19.8. The van der Waals surface area contributed by atoms with E-state index in [9.17, 15) is 9.90 Å². The van der Waals surface area contributed by atoms with Gasteiger partial charge in [-0.3, -0.25) is 4.79 Å². The summed E-state index contributed by atoms with van der Waals surface area (Å²) < 4.78 is 0. The van der Waals surface area contributed by atoms with E-state index in [1.165, 1.54) is 0 Å². The smallest absolute Gasteiger partial charge is 0.303 e. The Kier molecular flexibility index (Phi) is 16.7. The molecule has 0 aliphatic heterocycles. The molecule has 0 aliphatic carbocycles. The van der Waals surface area contributed by atoms with Gasteiger partial charge in [0.25, 0.3) is 0 Å². The average Bonchev–Trinajstić information content (AvgIpc) is 2.58. The fraction of sp³-hybridized carbons (Fsp3) is 0.409. The quantitative estimate of drug-likeness (QED) is 0.248. The molecule has 0 saturated heterocycles. The van der Waals surface area contributed by atoms with Crippen LogP contribution in [-0.2, 0) is 4.79 Å². The lowest BCUT2D eigenvalue weighted by Crippen LogP contribution is -1.98. The van der Waals surface area contributed by atoms with Gasteiger partial charge in [-0.05, 0) is 38.5 Å². The zero-order chi connectivity index (χ0) is 18.6. The zero-order valence-corrected chi connectivity index (χ0v) is 15.3. The number of allylic oxidation sites excluding steroid dienone is 10. The first kappa shape index (κ1) is 22.9. The van der Waals surface area contributed by atoms with Crippen LogP contribution >= 0.6 is 0 Å². The number of aliphatic hydroxyl groups excluding tert-OH is 1. The van der Waals surface area contributed by atoms with Crippen LogP contribution in [0.25, 0.3) is 0 Å². The molecule has 3 nitrogen and oxygen atoms in total. The van der Waals surface area contributed by atoms with Crippen molar-refractivity contribution < 1.29 is 15.0 Å². The number of rotatable bonds is 14. The van der Waals surface area contributed by atoms with Gasteiger partial charge in [-0.25, -0.2) is 0 Å². The second-order valence-corrected chi connectivity index (χ2v) is 5.57. The van der Waals surface area contributed by atoms with Crippen molar-refractivity contribution in [1.82, 2.24) is 0 Å². The van der Waals surface area contributed by atoms with Crippen LogP contribution < -0.4 is 0 Å². The highest BCUT2D eigenvalue weighted by molar-refractivity contribution is 5.66. The summed E-state index contributed by atoms with van der Waals surface area (Å²) in [6.45, 7) is 2.13. The fourth-order valence-corrected chi connectivity index (χ4v) is 1.88. The van der Waals surface area contributed by atoms with E-state index >= 15 is 0 Å². The van der Waals surface area contributed by atoms with Crippen LogP contribution in [0.3, 0.4) is 0 Å². The van der Waals surface area contributed by atoms with Gasteiger partial charge in [-0.2, -0.15) is 0 Å². The Balaban J connectivity index is 3.74. The van der Waals surface area contributed by atoms with Crippen molar-refractivity contribution in [3.8, 4) is 0 Å². The molecule has 0 spiro atoms. The topological polar surface area (TPSA) is 57.5 Å². The van der Waals surface area contributed by atoms with Crippen LogP contribution in [0.4, 0.5) is 0 Å². The SMILES string of the molecule is CCC=CCCC=CC=CC=CC(O)CC=CCC=CCCC(=O)O. The highest BCUT2D eigenvalue weighted by Crippen LogP contribution is 1.99. The number of unbranched alkanes of at least 4 members (excludes halogenated alkanes) is 1. The standard InChI is InChI=1S/C22H32O3/c1-2-3-4-5-6-7-8-9-12-15-18-21(23)19-16-13-10-11-14-17-20-22(24)25/h3-4,7-9,11-16,18,21,23H,2,5-6,10,17,19-20H2,1H3,(H,24,25). The lowest BCUT2D eigenvalue weighted by Gasteiger charge is -1.98. The zero-order valence-electron chi connectivity index (χ0n) is 15.3. The van der Waals surface area contributed by atoms with Crippen LogP contribution in [0, 0.1) is 0 Å². The molecule has 138 valence electrons. The molecule has 0 heterocycles. The van der Waals surface area contributed by atoms with E-state index in [1.54, 1.807) is 6.08 Å². The highest BCUT2D eigenvalue weighted by Gasteiger charge is 1.93. The Bertz CT molecular complexity index is 493. The van der Waals surface area contributed by atoms with E-state index in [1.807, 2.05) is 48.6 Å². The van der Waals surface area contributed by atoms with Gasteiger partial charge in [0.15, 0.2) is 0 Å². The van der Waals surface area contributed by atoms with Crippen molar-refractivity contribution in [1.29, 1.82) is 0 Å². The van der Waals surface area contributed by atoms with Crippen molar-refractivity contribution in [2.45, 2.75) is 58.0 Å². The number of carboxylic acid groups (broad SMARTS) is 1. The Hall–Kier alpha value is -2.13. The summed E-state index contributed by atoms with van der Waals surface area (Å²) in [6, 6.07) is 0. The average molecular weight is 344 g/mol. The molecule has 0 radical (unpaired) electrons. The van der Waals surface area contributed by atoms with Crippen LogP contribution in [-0.4, -0.2) is 22.3 Å². The molecule has 1 atom stereocenters. The predicted molar refractivity (Wildman–Crippen MR) is 106 cm³/mol. The molecule has 0 aromatic heterocycles. The first-order valence-corrected chi connectivity index (χ1v) is 9.01. The van der Waals surface area contributed by atoms with E-state index in [4.69, 9.17) is 5.11 Å². The molecule has 3 heteroatoms. The third-order valence-electron chi connectivity index (χ3n) is 3.21. The molecular formula is C22H32O3. The van der Waals surface area contributed by atoms with Crippen LogP contribution in [0.1, 0.15) is 51.9 Å². The van der Waals surface area contributed by atoms with Gasteiger partial charge in [-0.15, -0.1) is 0 Å². The predicted octanol–water partition coefficient (Wildman–Crippen LogP) is 5.52. The molecule has 25 heavy (non-hydrogen) atoms. The van der Waals surface area contributed by atoms with E-state index < -0.39 is 12.1 Å². The highest BCUT2D eigenvalue weighted by atomic mass is 16.4. The first-order valence-electron chi connectivity index (χ1n) is 9.01. The van der Waals surface area contributed by atoms with Crippen LogP contribution in [0.2, 0.25) is 0 Å². The normalized spacial score (nSPS) is 14.3. The second-order valence-electron chi connectivity index (χ2n) is 5.57. The Morgan fingerprint density at radius 3 is 2.28 bits per heavy atom. The molecule has 0 aromatic rings. The number of carboxylic acids is 1. The summed E-state index contributed by atoms with van der Waals surface area (Å²) in [5.74, 6) is -0.774. The minimum atomic E-state index is -0.774. The lowest BCUT2D eigenvalue weighted by molar-refractivity contribution is -0.136. The molecule has 1 unspecified atom stereocenters. The maximum atomic E-state index is 10.3. The van der Waals surface area contributed by atoms with Gasteiger partial charge in [-0.1, -0.05) is 79.8 Å². The third-order valence-corrected chi connectivity index (χ3v) is 3.21.